The van der Waals surface area contributed by atoms with Gasteiger partial charge in [0.25, 0.3) is 0 Å². The van der Waals surface area contributed by atoms with Crippen molar-refractivity contribution in [2.45, 2.75) is 18.7 Å². The molecule has 0 amide bonds. The predicted molar refractivity (Wildman–Crippen MR) is 154 cm³/mol. The zero-order chi connectivity index (χ0) is 25.5. The van der Waals surface area contributed by atoms with Gasteiger partial charge in [0.15, 0.2) is 15.9 Å². The highest BCUT2D eigenvalue weighted by Gasteiger charge is 2.06. The van der Waals surface area contributed by atoms with Crippen LogP contribution in [-0.4, -0.2) is 10.2 Å². The van der Waals surface area contributed by atoms with Crippen LogP contribution >= 0.6 is 24.0 Å². The minimum Gasteiger partial charge on any atom is -0.451 e. The molecule has 36 heavy (non-hydrogen) atoms. The lowest BCUT2D eigenvalue weighted by Crippen LogP contribution is -1.98. The van der Waals surface area contributed by atoms with Crippen molar-refractivity contribution in [1.82, 2.24) is 0 Å². The molecule has 4 aromatic carbocycles. The minimum atomic E-state index is 0.0749. The molecule has 176 valence electrons. The summed E-state index contributed by atoms with van der Waals surface area (Å²) in [5, 5.41) is 0.560. The van der Waals surface area contributed by atoms with Gasteiger partial charge in [0.1, 0.15) is 5.75 Å². The van der Waals surface area contributed by atoms with Crippen LogP contribution in [0.4, 0.5) is 0 Å². The molecule has 0 fully saturated rings. The zero-order valence-electron chi connectivity index (χ0n) is 19.9. The first-order valence-electron chi connectivity index (χ1n) is 11.3. The van der Waals surface area contributed by atoms with E-state index in [1.54, 1.807) is 13.8 Å². The number of thioether (sulfide) groups is 1. The molecule has 0 spiro atoms. The van der Waals surface area contributed by atoms with Gasteiger partial charge in [0, 0.05) is 18.7 Å². The van der Waals surface area contributed by atoms with E-state index in [2.05, 4.69) is 4.85 Å². The van der Waals surface area contributed by atoms with Crippen molar-refractivity contribution in [3.8, 4) is 28.0 Å². The molecule has 5 heteroatoms. The lowest BCUT2D eigenvalue weighted by Gasteiger charge is -2.07. The fraction of sp³-hybridized carbons (Fsp3) is 0.0645. The summed E-state index contributed by atoms with van der Waals surface area (Å²) >= 11 is 6.21. The Bertz CT molecular complexity index is 1450. The molecule has 0 saturated heterocycles. The van der Waals surface area contributed by atoms with Gasteiger partial charge in [-0.05, 0) is 75.9 Å². The van der Waals surface area contributed by atoms with Crippen LogP contribution in [0.3, 0.4) is 0 Å². The Morgan fingerprint density at radius 3 is 1.72 bits per heavy atom. The van der Waals surface area contributed by atoms with Crippen LogP contribution in [0, 0.1) is 6.57 Å². The molecule has 0 atom stereocenters. The second-order valence-corrected chi connectivity index (χ2v) is 9.90. The summed E-state index contributed by atoms with van der Waals surface area (Å²) in [5.74, 6) is 0.719. The molecule has 0 aliphatic rings. The van der Waals surface area contributed by atoms with E-state index < -0.39 is 0 Å². The van der Waals surface area contributed by atoms with Gasteiger partial charge in [-0.1, -0.05) is 84.6 Å². The van der Waals surface area contributed by atoms with Gasteiger partial charge in [0.05, 0.1) is 6.57 Å². The number of rotatable bonds is 6. The number of benzene rings is 4. The monoisotopic (exact) mass is 505 g/mol. The van der Waals surface area contributed by atoms with Crippen LogP contribution in [0.2, 0.25) is 0 Å². The highest BCUT2D eigenvalue weighted by molar-refractivity contribution is 8.13. The number of carbonyl (C=O) groups excluding carboxylic acids is 1. The van der Waals surface area contributed by atoms with Crippen LogP contribution in [-0.2, 0) is 4.79 Å². The number of hydrogen-bond donors (Lipinski definition) is 0. The van der Waals surface area contributed by atoms with Crippen molar-refractivity contribution in [2.75, 3.05) is 0 Å². The van der Waals surface area contributed by atoms with Crippen molar-refractivity contribution < 1.29 is 9.53 Å². The lowest BCUT2D eigenvalue weighted by molar-refractivity contribution is -0.109. The van der Waals surface area contributed by atoms with Crippen molar-refractivity contribution in [3.05, 3.63) is 120 Å². The molecule has 0 unspecified atom stereocenters. The fourth-order valence-corrected chi connectivity index (χ4v) is 4.41. The van der Waals surface area contributed by atoms with Crippen LogP contribution in [0.25, 0.3) is 38.9 Å². The number of nitrogens with zero attached hydrogens (tertiary/aromatic N) is 1. The molecule has 0 bridgehead atoms. The molecule has 0 radical (unpaired) electrons. The molecular weight excluding hydrogens is 482 g/mol. The van der Waals surface area contributed by atoms with E-state index in [9.17, 15) is 4.79 Å². The number of thiocarbonyl (C=S) groups is 1. The maximum Gasteiger partial charge on any atom is 0.194 e. The van der Waals surface area contributed by atoms with E-state index in [0.29, 0.717) is 10.7 Å². The lowest BCUT2D eigenvalue weighted by atomic mass is 10.0. The molecule has 0 aromatic heterocycles. The molecule has 0 aliphatic heterocycles. The Labute approximate surface area is 221 Å². The molecular formula is C31H23NO2S2. The Morgan fingerprint density at radius 2 is 1.25 bits per heavy atom. The second kappa shape index (κ2) is 11.6. The van der Waals surface area contributed by atoms with Crippen molar-refractivity contribution in [3.63, 3.8) is 0 Å². The molecule has 3 nitrogen and oxygen atoms in total. The van der Waals surface area contributed by atoms with Gasteiger partial charge in [-0.15, -0.1) is 0 Å². The molecule has 0 heterocycles. The number of carbonyl (C=O) groups is 1. The topological polar surface area (TPSA) is 30.7 Å². The summed E-state index contributed by atoms with van der Waals surface area (Å²) in [5.41, 5.74) is 6.70. The SMILES string of the molecule is [C-]#[N+]C(=Cc1ccc(-c2ccc(SC(C)=O)cc2)cc1)c1ccc(-c2ccc(OC(C)=S)cc2)cc1. The van der Waals surface area contributed by atoms with Crippen molar-refractivity contribution in [2.24, 2.45) is 0 Å². The summed E-state index contributed by atoms with van der Waals surface area (Å²) in [6.45, 7) is 11.0. The maximum absolute atomic E-state index is 11.3. The van der Waals surface area contributed by atoms with Gasteiger partial charge in [0.2, 0.25) is 0 Å². The number of hydrogen-bond acceptors (Lipinski definition) is 4. The summed E-state index contributed by atoms with van der Waals surface area (Å²) in [6, 6.07) is 31.8. The fourth-order valence-electron chi connectivity index (χ4n) is 3.71. The van der Waals surface area contributed by atoms with E-state index in [0.717, 1.165) is 44.0 Å². The smallest absolute Gasteiger partial charge is 0.194 e. The van der Waals surface area contributed by atoms with Crippen LogP contribution in [0.15, 0.2) is 102 Å². The first-order valence-corrected chi connectivity index (χ1v) is 12.5. The van der Waals surface area contributed by atoms with Gasteiger partial charge in [-0.3, -0.25) is 4.79 Å². The predicted octanol–water partition coefficient (Wildman–Crippen LogP) is 8.80. The van der Waals surface area contributed by atoms with Crippen LogP contribution in [0.5, 0.6) is 5.75 Å². The third-order valence-corrected chi connectivity index (χ3v) is 6.29. The summed E-state index contributed by atoms with van der Waals surface area (Å²) < 4.78 is 5.46. The number of ether oxygens (including phenoxy) is 1. The first-order chi connectivity index (χ1) is 17.4. The maximum atomic E-state index is 11.3. The third kappa shape index (κ3) is 6.57. The summed E-state index contributed by atoms with van der Waals surface area (Å²) in [7, 11) is 0. The summed E-state index contributed by atoms with van der Waals surface area (Å²) in [6.07, 6.45) is 1.90. The van der Waals surface area contributed by atoms with E-state index >= 15 is 0 Å². The molecule has 0 N–H and O–H groups in total. The van der Waals surface area contributed by atoms with Gasteiger partial charge in [-0.25, -0.2) is 4.85 Å². The second-order valence-electron chi connectivity index (χ2n) is 8.08. The molecule has 0 saturated carbocycles. The van der Waals surface area contributed by atoms with Crippen molar-refractivity contribution in [1.29, 1.82) is 0 Å². The molecule has 4 rings (SSSR count). The quantitative estimate of drug-likeness (QED) is 0.113. The Balaban J connectivity index is 1.48. The highest BCUT2D eigenvalue weighted by Crippen LogP contribution is 2.28. The summed E-state index contributed by atoms with van der Waals surface area (Å²) in [4.78, 5) is 16.0. The largest absolute Gasteiger partial charge is 0.451 e. The normalized spacial score (nSPS) is 11.0. The third-order valence-electron chi connectivity index (χ3n) is 5.41. The van der Waals surface area contributed by atoms with E-state index in [4.69, 9.17) is 23.5 Å². The first kappa shape index (κ1) is 25.1. The Hall–Kier alpha value is -3.98. The average molecular weight is 506 g/mol. The van der Waals surface area contributed by atoms with E-state index in [1.807, 2.05) is 103 Å². The molecule has 4 aromatic rings. The van der Waals surface area contributed by atoms with E-state index in [-0.39, 0.29) is 5.12 Å². The minimum absolute atomic E-state index is 0.0749. The van der Waals surface area contributed by atoms with Gasteiger partial charge in [-0.2, -0.15) is 0 Å². The van der Waals surface area contributed by atoms with Crippen LogP contribution in [0.1, 0.15) is 25.0 Å². The van der Waals surface area contributed by atoms with Gasteiger partial charge >= 0.3 is 0 Å². The van der Waals surface area contributed by atoms with Gasteiger partial charge < -0.3 is 4.74 Å². The van der Waals surface area contributed by atoms with Crippen molar-refractivity contribution >= 4 is 45.9 Å². The van der Waals surface area contributed by atoms with E-state index in [1.165, 1.54) is 11.8 Å². The van der Waals surface area contributed by atoms with Crippen LogP contribution < -0.4 is 4.74 Å². The Kier molecular flexibility index (Phi) is 8.12. The highest BCUT2D eigenvalue weighted by atomic mass is 32.2. The average Bonchev–Trinajstić information content (AvgIpc) is 2.88. The Morgan fingerprint density at radius 1 is 0.778 bits per heavy atom. The zero-order valence-corrected chi connectivity index (χ0v) is 21.5. The standard InChI is InChI=1S/C31H23NO2S2/c1-21(33)36-30-18-14-27(15-19-30)24-6-4-23(5-7-24)20-31(32-3)28-10-8-25(9-11-28)26-12-16-29(17-13-26)34-22(2)35/h4-20H,1-2H3. The molecule has 0 aliphatic carbocycles.